The number of allylic oxidation sites excluding steroid dienone is 2. The number of alkyl halides is 3. The number of benzene rings is 1. The van der Waals surface area contributed by atoms with Crippen LogP contribution in [-0.2, 0) is 6.18 Å². The number of nitrogens with one attached hydrogen (secondary N) is 1. The highest BCUT2D eigenvalue weighted by Gasteiger charge is 2.36. The van der Waals surface area contributed by atoms with E-state index in [0.717, 1.165) is 24.7 Å². The van der Waals surface area contributed by atoms with Crippen molar-refractivity contribution in [1.82, 2.24) is 9.97 Å². The van der Waals surface area contributed by atoms with Crippen LogP contribution in [0.5, 0.6) is 0 Å². The van der Waals surface area contributed by atoms with Gasteiger partial charge in [0.25, 0.3) is 0 Å². The zero-order valence-corrected chi connectivity index (χ0v) is 13.6. The van der Waals surface area contributed by atoms with E-state index in [9.17, 15) is 27.2 Å². The van der Waals surface area contributed by atoms with Crippen molar-refractivity contribution in [2.45, 2.75) is 6.18 Å². The number of nitrogens with zero attached hydrogens (tertiary/aromatic N) is 2. The summed E-state index contributed by atoms with van der Waals surface area (Å²) in [5.74, 6) is -3.01. The molecule has 1 aromatic heterocycles. The molecular weight excluding hydrogens is 410 g/mol. The minimum Gasteiger partial charge on any atom is -0.349 e. The Balaban J connectivity index is 2.06. The van der Waals surface area contributed by atoms with Gasteiger partial charge in [0, 0.05) is 6.20 Å². The second-order valence-electron chi connectivity index (χ2n) is 4.92. The summed E-state index contributed by atoms with van der Waals surface area (Å²) in [6.45, 7) is 0. The Morgan fingerprint density at radius 3 is 2.52 bits per heavy atom. The number of ketones is 2. The Morgan fingerprint density at radius 1 is 1.12 bits per heavy atom. The number of aromatic nitrogens is 2. The largest absolute Gasteiger partial charge is 0.419 e. The molecule has 0 fully saturated rings. The van der Waals surface area contributed by atoms with E-state index in [1.165, 1.54) is 0 Å². The number of fused-ring (bicyclic) bond motifs is 1. The Kier molecular flexibility index (Phi) is 4.15. The highest BCUT2D eigenvalue weighted by molar-refractivity contribution is 9.12. The minimum absolute atomic E-state index is 0.134. The number of Topliss-reactive ketones (excluding diaryl/α,β-unsaturated/α-hetero) is 2. The number of carbonyl (C=O) groups excluding carboxylic acids is 2. The van der Waals surface area contributed by atoms with E-state index in [2.05, 4.69) is 31.2 Å². The highest BCUT2D eigenvalue weighted by atomic mass is 79.9. The number of hydrogen-bond donors (Lipinski definition) is 1. The van der Waals surface area contributed by atoms with Gasteiger partial charge in [-0.1, -0.05) is 6.07 Å². The van der Waals surface area contributed by atoms with E-state index in [1.807, 2.05) is 0 Å². The second kappa shape index (κ2) is 6.03. The van der Waals surface area contributed by atoms with Crippen LogP contribution < -0.4 is 5.32 Å². The van der Waals surface area contributed by atoms with Crippen LogP contribution in [0.4, 0.5) is 23.2 Å². The first kappa shape index (κ1) is 17.2. The first-order chi connectivity index (χ1) is 11.7. The lowest BCUT2D eigenvalue weighted by Crippen LogP contribution is -2.26. The quantitative estimate of drug-likeness (QED) is 0.756. The van der Waals surface area contributed by atoms with Crippen molar-refractivity contribution in [1.29, 1.82) is 0 Å². The molecule has 3 rings (SSSR count). The normalized spacial score (nSPS) is 14.6. The molecule has 10 heteroatoms. The van der Waals surface area contributed by atoms with Gasteiger partial charge in [-0.05, 0) is 28.1 Å². The van der Waals surface area contributed by atoms with Crippen LogP contribution in [0.15, 0.2) is 40.9 Å². The van der Waals surface area contributed by atoms with Crippen LogP contribution in [0.2, 0.25) is 0 Å². The molecule has 0 atom stereocenters. The molecule has 25 heavy (non-hydrogen) atoms. The van der Waals surface area contributed by atoms with E-state index in [1.54, 1.807) is 0 Å². The number of halogens is 5. The van der Waals surface area contributed by atoms with Crippen LogP contribution in [0.3, 0.4) is 0 Å². The molecule has 5 nitrogen and oxygen atoms in total. The van der Waals surface area contributed by atoms with Crippen molar-refractivity contribution in [3.63, 3.8) is 0 Å². The average molecular weight is 416 g/mol. The van der Waals surface area contributed by atoms with Crippen molar-refractivity contribution in [3.8, 4) is 0 Å². The fourth-order valence-corrected chi connectivity index (χ4v) is 2.69. The first-order valence-electron chi connectivity index (χ1n) is 6.63. The summed E-state index contributed by atoms with van der Waals surface area (Å²) in [5.41, 5.74) is -2.77. The van der Waals surface area contributed by atoms with E-state index >= 15 is 0 Å². The summed E-state index contributed by atoms with van der Waals surface area (Å²) < 4.78 is 52.2. The lowest BCUT2D eigenvalue weighted by molar-refractivity contribution is -0.139. The van der Waals surface area contributed by atoms with Crippen LogP contribution in [0, 0.1) is 5.82 Å². The van der Waals surface area contributed by atoms with Crippen LogP contribution in [0.25, 0.3) is 0 Å². The fraction of sp³-hybridized carbons (Fsp3) is 0.0667. The van der Waals surface area contributed by atoms with Gasteiger partial charge >= 0.3 is 6.18 Å². The first-order valence-corrected chi connectivity index (χ1v) is 7.43. The van der Waals surface area contributed by atoms with E-state index < -0.39 is 40.5 Å². The van der Waals surface area contributed by atoms with E-state index in [0.29, 0.717) is 6.07 Å². The molecule has 1 N–H and O–H groups in total. The smallest absolute Gasteiger partial charge is 0.349 e. The molecule has 1 aromatic carbocycles. The Bertz CT molecular complexity index is 941. The van der Waals surface area contributed by atoms with Crippen LogP contribution in [-0.4, -0.2) is 21.5 Å². The molecule has 0 amide bonds. The monoisotopic (exact) mass is 415 g/mol. The number of rotatable bonds is 2. The standard InChI is InChI=1S/C15H6BrF4N3O2/c16-9-12(13(24)6-4-21-5-22-11(6)14(9)25)23-8-3-1-2-7(10(8)17)15(18,19)20/h1-5,23H. The Morgan fingerprint density at radius 2 is 1.84 bits per heavy atom. The lowest BCUT2D eigenvalue weighted by atomic mass is 9.98. The number of hydrogen-bond acceptors (Lipinski definition) is 5. The second-order valence-corrected chi connectivity index (χ2v) is 5.72. The third-order valence-electron chi connectivity index (χ3n) is 3.38. The summed E-state index contributed by atoms with van der Waals surface area (Å²) in [5, 5.41) is 2.26. The molecule has 1 heterocycles. The molecule has 0 saturated heterocycles. The molecule has 0 saturated carbocycles. The maximum absolute atomic E-state index is 14.1. The van der Waals surface area contributed by atoms with Gasteiger partial charge in [0.1, 0.15) is 17.7 Å². The third-order valence-corrected chi connectivity index (χ3v) is 4.14. The maximum Gasteiger partial charge on any atom is 0.419 e. The van der Waals surface area contributed by atoms with Crippen molar-refractivity contribution in [2.75, 3.05) is 5.32 Å². The topological polar surface area (TPSA) is 72.0 Å². The molecule has 0 spiro atoms. The van der Waals surface area contributed by atoms with Crippen molar-refractivity contribution in [2.24, 2.45) is 0 Å². The molecule has 128 valence electrons. The van der Waals surface area contributed by atoms with Crippen molar-refractivity contribution >= 4 is 33.2 Å². The van der Waals surface area contributed by atoms with Crippen molar-refractivity contribution in [3.05, 3.63) is 63.5 Å². The van der Waals surface area contributed by atoms with Crippen LogP contribution in [0.1, 0.15) is 26.4 Å². The zero-order valence-electron chi connectivity index (χ0n) is 12.0. The van der Waals surface area contributed by atoms with E-state index in [4.69, 9.17) is 0 Å². The lowest BCUT2D eigenvalue weighted by Gasteiger charge is -2.19. The summed E-state index contributed by atoms with van der Waals surface area (Å²) >= 11 is 2.91. The molecule has 1 aliphatic carbocycles. The predicted octanol–water partition coefficient (Wildman–Crippen LogP) is 3.73. The van der Waals surface area contributed by atoms with Crippen molar-refractivity contribution < 1.29 is 27.2 Å². The average Bonchev–Trinajstić information content (AvgIpc) is 2.57. The summed E-state index contributed by atoms with van der Waals surface area (Å²) in [7, 11) is 0. The van der Waals surface area contributed by atoms with Gasteiger partial charge in [0.05, 0.1) is 21.3 Å². The number of anilines is 1. The SMILES string of the molecule is O=C1C(Nc2cccc(C(F)(F)F)c2F)=C(Br)C(=O)c2ncncc21. The Hall–Kier alpha value is -2.62. The molecule has 0 unspecified atom stereocenters. The summed E-state index contributed by atoms with van der Waals surface area (Å²) in [4.78, 5) is 32.0. The van der Waals surface area contributed by atoms with Crippen LogP contribution >= 0.6 is 15.9 Å². The van der Waals surface area contributed by atoms with Gasteiger partial charge in [-0.25, -0.2) is 14.4 Å². The maximum atomic E-state index is 14.1. The molecule has 1 aliphatic rings. The van der Waals surface area contributed by atoms with Gasteiger partial charge in [0.2, 0.25) is 11.6 Å². The predicted molar refractivity (Wildman–Crippen MR) is 81.7 cm³/mol. The molecule has 0 aliphatic heterocycles. The van der Waals surface area contributed by atoms with E-state index in [-0.39, 0.29) is 15.7 Å². The molecule has 0 radical (unpaired) electrons. The zero-order chi connectivity index (χ0) is 18.4. The minimum atomic E-state index is -4.90. The molecular formula is C15H6BrF4N3O2. The van der Waals surface area contributed by atoms with Gasteiger partial charge in [-0.15, -0.1) is 0 Å². The van der Waals surface area contributed by atoms with Gasteiger partial charge in [-0.3, -0.25) is 9.59 Å². The van der Waals surface area contributed by atoms with Gasteiger partial charge < -0.3 is 5.32 Å². The molecule has 2 aromatic rings. The highest BCUT2D eigenvalue weighted by Crippen LogP contribution is 2.35. The fourth-order valence-electron chi connectivity index (χ4n) is 2.22. The molecule has 0 bridgehead atoms. The summed E-state index contributed by atoms with van der Waals surface area (Å²) in [6, 6.07) is 2.57. The third kappa shape index (κ3) is 2.93. The summed E-state index contributed by atoms with van der Waals surface area (Å²) in [6.07, 6.45) is -2.72. The Labute approximate surface area is 145 Å². The van der Waals surface area contributed by atoms with Gasteiger partial charge in [-0.2, -0.15) is 13.2 Å². The number of carbonyl (C=O) groups is 2. The van der Waals surface area contributed by atoms with Gasteiger partial charge in [0.15, 0.2) is 5.82 Å².